The molecular formula is C15H17NO4. The number of rotatable bonds is 5. The van der Waals surface area contributed by atoms with E-state index in [1.807, 2.05) is 19.1 Å². The zero-order chi connectivity index (χ0) is 14.7. The van der Waals surface area contributed by atoms with Crippen LogP contribution in [0.25, 0.3) is 10.9 Å². The number of carbonyl (C=O) groups is 1. The standard InChI is InChI=1S/C15H17NO4/c1-9-8-10(4-7-13(17)18)16-15-12(20-3)6-5-11(19-2)14(9)15/h5-6,8H,4,7H2,1-3H3,(H,17,18). The van der Waals surface area contributed by atoms with Crippen LogP contribution in [0.2, 0.25) is 0 Å². The Morgan fingerprint density at radius 3 is 2.50 bits per heavy atom. The predicted octanol–water partition coefficient (Wildman–Crippen LogP) is 2.58. The molecule has 20 heavy (non-hydrogen) atoms. The fourth-order valence-corrected chi connectivity index (χ4v) is 2.24. The Kier molecular flexibility index (Phi) is 4.08. The Bertz CT molecular complexity index is 652. The van der Waals surface area contributed by atoms with Crippen molar-refractivity contribution in [3.8, 4) is 11.5 Å². The molecule has 0 unspecified atom stereocenters. The summed E-state index contributed by atoms with van der Waals surface area (Å²) in [5.74, 6) is 0.554. The zero-order valence-electron chi connectivity index (χ0n) is 11.8. The zero-order valence-corrected chi connectivity index (χ0v) is 11.8. The van der Waals surface area contributed by atoms with E-state index in [2.05, 4.69) is 4.98 Å². The maximum atomic E-state index is 10.7. The fourth-order valence-electron chi connectivity index (χ4n) is 2.24. The lowest BCUT2D eigenvalue weighted by Crippen LogP contribution is -2.01. The summed E-state index contributed by atoms with van der Waals surface area (Å²) in [6, 6.07) is 5.54. The van der Waals surface area contributed by atoms with Gasteiger partial charge in [-0.1, -0.05) is 0 Å². The van der Waals surface area contributed by atoms with E-state index in [1.54, 1.807) is 20.3 Å². The van der Waals surface area contributed by atoms with Gasteiger partial charge in [0.25, 0.3) is 0 Å². The van der Waals surface area contributed by atoms with Gasteiger partial charge in [0.1, 0.15) is 17.0 Å². The summed E-state index contributed by atoms with van der Waals surface area (Å²) in [7, 11) is 3.20. The van der Waals surface area contributed by atoms with Crippen molar-refractivity contribution in [3.05, 3.63) is 29.5 Å². The molecule has 2 rings (SSSR count). The second kappa shape index (κ2) is 5.77. The minimum atomic E-state index is -0.831. The Morgan fingerprint density at radius 1 is 1.25 bits per heavy atom. The number of fused-ring (bicyclic) bond motifs is 1. The Morgan fingerprint density at radius 2 is 1.90 bits per heavy atom. The van der Waals surface area contributed by atoms with Gasteiger partial charge in [0, 0.05) is 17.5 Å². The van der Waals surface area contributed by atoms with Gasteiger partial charge in [0.15, 0.2) is 0 Å². The molecule has 5 nitrogen and oxygen atoms in total. The highest BCUT2D eigenvalue weighted by Gasteiger charge is 2.13. The first-order valence-electron chi connectivity index (χ1n) is 6.29. The molecule has 0 saturated carbocycles. The molecule has 106 valence electrons. The van der Waals surface area contributed by atoms with Gasteiger partial charge >= 0.3 is 5.97 Å². The summed E-state index contributed by atoms with van der Waals surface area (Å²) < 4.78 is 10.7. The van der Waals surface area contributed by atoms with Gasteiger partial charge in [-0.15, -0.1) is 0 Å². The number of ether oxygens (including phenoxy) is 2. The molecule has 0 spiro atoms. The molecule has 2 aromatic rings. The fraction of sp³-hybridized carbons (Fsp3) is 0.333. The molecule has 0 radical (unpaired) electrons. The van der Waals surface area contributed by atoms with Crippen LogP contribution >= 0.6 is 0 Å². The molecule has 1 N–H and O–H groups in total. The van der Waals surface area contributed by atoms with Crippen molar-refractivity contribution >= 4 is 16.9 Å². The molecule has 5 heteroatoms. The lowest BCUT2D eigenvalue weighted by molar-refractivity contribution is -0.136. The number of methoxy groups -OCH3 is 2. The maximum Gasteiger partial charge on any atom is 0.303 e. The van der Waals surface area contributed by atoms with Crippen LogP contribution < -0.4 is 9.47 Å². The average Bonchev–Trinajstić information content (AvgIpc) is 2.43. The molecule has 0 fully saturated rings. The smallest absolute Gasteiger partial charge is 0.303 e. The molecule has 0 atom stereocenters. The van der Waals surface area contributed by atoms with Crippen LogP contribution in [-0.2, 0) is 11.2 Å². The summed E-state index contributed by atoms with van der Waals surface area (Å²) >= 11 is 0. The van der Waals surface area contributed by atoms with Gasteiger partial charge in [0.05, 0.1) is 20.6 Å². The van der Waals surface area contributed by atoms with Gasteiger partial charge in [0.2, 0.25) is 0 Å². The third kappa shape index (κ3) is 2.66. The van der Waals surface area contributed by atoms with Crippen molar-refractivity contribution in [2.75, 3.05) is 14.2 Å². The third-order valence-electron chi connectivity index (χ3n) is 3.17. The van der Waals surface area contributed by atoms with Crippen LogP contribution in [0.4, 0.5) is 0 Å². The molecule has 0 saturated heterocycles. The summed E-state index contributed by atoms with van der Waals surface area (Å²) in [6.45, 7) is 1.95. The van der Waals surface area contributed by atoms with E-state index in [4.69, 9.17) is 14.6 Å². The molecule has 1 aromatic carbocycles. The summed E-state index contributed by atoms with van der Waals surface area (Å²) in [6.07, 6.45) is 0.455. The highest BCUT2D eigenvalue weighted by molar-refractivity contribution is 5.93. The second-order valence-corrected chi connectivity index (χ2v) is 4.52. The van der Waals surface area contributed by atoms with E-state index in [0.29, 0.717) is 17.7 Å². The van der Waals surface area contributed by atoms with E-state index in [0.717, 1.165) is 22.4 Å². The molecular weight excluding hydrogens is 258 g/mol. The first-order valence-corrected chi connectivity index (χ1v) is 6.29. The van der Waals surface area contributed by atoms with E-state index >= 15 is 0 Å². The van der Waals surface area contributed by atoms with E-state index in [1.165, 1.54) is 0 Å². The van der Waals surface area contributed by atoms with Crippen LogP contribution in [0.1, 0.15) is 17.7 Å². The third-order valence-corrected chi connectivity index (χ3v) is 3.17. The van der Waals surface area contributed by atoms with Gasteiger partial charge in [-0.2, -0.15) is 0 Å². The van der Waals surface area contributed by atoms with Crippen molar-refractivity contribution in [2.24, 2.45) is 0 Å². The van der Waals surface area contributed by atoms with Crippen molar-refractivity contribution in [1.82, 2.24) is 4.98 Å². The minimum Gasteiger partial charge on any atom is -0.496 e. The van der Waals surface area contributed by atoms with Gasteiger partial charge < -0.3 is 14.6 Å². The lowest BCUT2D eigenvalue weighted by atomic mass is 10.1. The van der Waals surface area contributed by atoms with Crippen LogP contribution in [-0.4, -0.2) is 30.3 Å². The number of hydrogen-bond acceptors (Lipinski definition) is 4. The Balaban J connectivity index is 2.59. The van der Waals surface area contributed by atoms with Crippen LogP contribution in [0.15, 0.2) is 18.2 Å². The molecule has 0 aliphatic carbocycles. The number of aliphatic carboxylic acids is 1. The van der Waals surface area contributed by atoms with Gasteiger partial charge in [-0.25, -0.2) is 4.98 Å². The SMILES string of the molecule is COc1ccc(OC)c2c(C)cc(CCC(=O)O)nc12. The van der Waals surface area contributed by atoms with E-state index in [9.17, 15) is 4.79 Å². The topological polar surface area (TPSA) is 68.7 Å². The Labute approximate surface area is 117 Å². The number of nitrogens with zero attached hydrogens (tertiary/aromatic N) is 1. The monoisotopic (exact) mass is 275 g/mol. The average molecular weight is 275 g/mol. The summed E-state index contributed by atoms with van der Waals surface area (Å²) in [4.78, 5) is 15.2. The number of carboxylic acid groups (broad SMARTS) is 1. The van der Waals surface area contributed by atoms with Crippen molar-refractivity contribution in [3.63, 3.8) is 0 Å². The summed E-state index contributed by atoms with van der Waals surface area (Å²) in [5.41, 5.74) is 2.43. The van der Waals surface area contributed by atoms with Gasteiger partial charge in [-0.05, 0) is 30.7 Å². The maximum absolute atomic E-state index is 10.7. The minimum absolute atomic E-state index is 0.0598. The highest BCUT2D eigenvalue weighted by atomic mass is 16.5. The quantitative estimate of drug-likeness (QED) is 0.908. The van der Waals surface area contributed by atoms with E-state index < -0.39 is 5.97 Å². The van der Waals surface area contributed by atoms with Crippen LogP contribution in [0.3, 0.4) is 0 Å². The first kappa shape index (κ1) is 14.1. The number of aryl methyl sites for hydroxylation is 2. The molecule has 0 amide bonds. The first-order chi connectivity index (χ1) is 9.56. The van der Waals surface area contributed by atoms with Crippen molar-refractivity contribution in [2.45, 2.75) is 19.8 Å². The predicted molar refractivity (Wildman–Crippen MR) is 75.5 cm³/mol. The van der Waals surface area contributed by atoms with E-state index in [-0.39, 0.29) is 6.42 Å². The molecule has 0 aliphatic heterocycles. The van der Waals surface area contributed by atoms with Crippen molar-refractivity contribution in [1.29, 1.82) is 0 Å². The number of aromatic nitrogens is 1. The normalized spacial score (nSPS) is 10.6. The number of carboxylic acids is 1. The van der Waals surface area contributed by atoms with Crippen LogP contribution in [0, 0.1) is 6.92 Å². The molecule has 0 aliphatic rings. The lowest BCUT2D eigenvalue weighted by Gasteiger charge is -2.12. The second-order valence-electron chi connectivity index (χ2n) is 4.52. The largest absolute Gasteiger partial charge is 0.496 e. The molecule has 1 heterocycles. The molecule has 0 bridgehead atoms. The Hall–Kier alpha value is -2.30. The van der Waals surface area contributed by atoms with Crippen molar-refractivity contribution < 1.29 is 19.4 Å². The van der Waals surface area contributed by atoms with Gasteiger partial charge in [-0.3, -0.25) is 4.79 Å². The number of benzene rings is 1. The number of hydrogen-bond donors (Lipinski definition) is 1. The summed E-state index contributed by atoms with van der Waals surface area (Å²) in [5, 5.41) is 9.66. The molecule has 1 aromatic heterocycles. The number of pyridine rings is 1. The van der Waals surface area contributed by atoms with Crippen LogP contribution in [0.5, 0.6) is 11.5 Å². The highest BCUT2D eigenvalue weighted by Crippen LogP contribution is 2.34.